The maximum atomic E-state index is 13.6. The fourth-order valence-corrected chi connectivity index (χ4v) is 5.11. The highest BCUT2D eigenvalue weighted by Gasteiger charge is 2.41. The zero-order valence-corrected chi connectivity index (χ0v) is 18.7. The number of alkyl halides is 2. The molecule has 0 bridgehead atoms. The molecule has 174 valence electrons. The molecule has 1 unspecified atom stereocenters. The first-order chi connectivity index (χ1) is 16.3. The third-order valence-corrected chi connectivity index (χ3v) is 7.15. The number of halogens is 2. The molecule has 0 spiro atoms. The number of aromatic carboxylic acids is 1. The van der Waals surface area contributed by atoms with Crippen LogP contribution in [0.25, 0.3) is 5.57 Å². The van der Waals surface area contributed by atoms with Crippen LogP contribution in [0.1, 0.15) is 28.4 Å². The van der Waals surface area contributed by atoms with Gasteiger partial charge in [-0.1, -0.05) is 30.4 Å². The van der Waals surface area contributed by atoms with E-state index >= 15 is 0 Å². The number of fused-ring (bicyclic) bond motifs is 2. The molecule has 6 rings (SSSR count). The van der Waals surface area contributed by atoms with Gasteiger partial charge in [0.25, 0.3) is 0 Å². The molecule has 2 fully saturated rings. The van der Waals surface area contributed by atoms with Gasteiger partial charge in [0.1, 0.15) is 23.9 Å². The molecule has 2 aromatic carbocycles. The lowest BCUT2D eigenvalue weighted by atomic mass is 9.81. The minimum Gasteiger partial charge on any atom is -0.478 e. The summed E-state index contributed by atoms with van der Waals surface area (Å²) in [7, 11) is 0. The normalized spacial score (nSPS) is 24.6. The van der Waals surface area contributed by atoms with Gasteiger partial charge < -0.3 is 14.7 Å². The summed E-state index contributed by atoms with van der Waals surface area (Å²) in [5.74, 6) is 0.196. The van der Waals surface area contributed by atoms with E-state index in [1.807, 2.05) is 59.2 Å². The number of carboxylic acids is 1. The van der Waals surface area contributed by atoms with Gasteiger partial charge >= 0.3 is 5.97 Å². The minimum atomic E-state index is -1.01. The van der Waals surface area contributed by atoms with Crippen LogP contribution in [0.5, 0.6) is 5.75 Å². The average Bonchev–Trinajstić information content (AvgIpc) is 2.78. The summed E-state index contributed by atoms with van der Waals surface area (Å²) in [4.78, 5) is 16.0. The van der Waals surface area contributed by atoms with Crippen molar-refractivity contribution >= 4 is 17.2 Å². The Labute approximate surface area is 196 Å². The number of hydrogen-bond acceptors (Lipinski definition) is 4. The van der Waals surface area contributed by atoms with Crippen molar-refractivity contribution in [3.05, 3.63) is 88.7 Å². The number of anilines is 1. The van der Waals surface area contributed by atoms with Crippen LogP contribution < -0.4 is 9.64 Å². The smallest absolute Gasteiger partial charge is 0.336 e. The van der Waals surface area contributed by atoms with Crippen LogP contribution in [-0.2, 0) is 0 Å². The molecule has 0 aromatic heterocycles. The highest BCUT2D eigenvalue weighted by molar-refractivity contribution is 6.00. The number of likely N-dealkylation sites (tertiary alicyclic amines) is 1. The monoisotopic (exact) mass is 462 g/mol. The SMILES string of the molecule is CC1(N2CC(F)C2)C=CC2=C(c3ccccc3C(=O)O)c3ccc(N4CC(F)C4)cc3OC2=C1. The maximum absolute atomic E-state index is 13.6. The molecule has 7 heteroatoms. The van der Waals surface area contributed by atoms with E-state index in [0.717, 1.165) is 22.4 Å². The van der Waals surface area contributed by atoms with Crippen molar-refractivity contribution in [2.45, 2.75) is 24.8 Å². The van der Waals surface area contributed by atoms with Gasteiger partial charge in [-0.3, -0.25) is 4.90 Å². The predicted octanol–water partition coefficient (Wildman–Crippen LogP) is 4.60. The van der Waals surface area contributed by atoms with Gasteiger partial charge in [-0.15, -0.1) is 0 Å². The zero-order chi connectivity index (χ0) is 23.6. The molecule has 1 aliphatic carbocycles. The molecule has 1 atom stereocenters. The highest BCUT2D eigenvalue weighted by atomic mass is 19.1. The first-order valence-corrected chi connectivity index (χ1v) is 11.4. The van der Waals surface area contributed by atoms with Crippen LogP contribution in [0.15, 0.2) is 72.0 Å². The second kappa shape index (κ2) is 7.53. The number of ether oxygens (including phenoxy) is 1. The standard InChI is InChI=1S/C27H24F2N2O3/c1-27(31-14-17(29)15-31)9-8-22-24(11-27)34-23-10-18(30-12-16(28)13-30)6-7-21(23)25(22)19-4-2-3-5-20(19)26(32)33/h2-11,16-17H,12-15H2,1H3,(H,32,33). The molecule has 3 aliphatic heterocycles. The topological polar surface area (TPSA) is 53.0 Å². The van der Waals surface area contributed by atoms with E-state index in [1.54, 1.807) is 18.2 Å². The summed E-state index contributed by atoms with van der Waals surface area (Å²) < 4.78 is 33.4. The second-order valence-electron chi connectivity index (χ2n) is 9.49. The highest BCUT2D eigenvalue weighted by Crippen LogP contribution is 2.47. The summed E-state index contributed by atoms with van der Waals surface area (Å²) in [6.07, 6.45) is 4.29. The van der Waals surface area contributed by atoms with Gasteiger partial charge in [0, 0.05) is 41.6 Å². The van der Waals surface area contributed by atoms with E-state index < -0.39 is 23.9 Å². The first kappa shape index (κ1) is 21.1. The number of rotatable bonds is 4. The van der Waals surface area contributed by atoms with Crippen LogP contribution in [0.4, 0.5) is 14.5 Å². The van der Waals surface area contributed by atoms with Gasteiger partial charge in [-0.2, -0.15) is 0 Å². The molecule has 0 saturated carbocycles. The van der Waals surface area contributed by atoms with Gasteiger partial charge in [0.05, 0.1) is 24.2 Å². The van der Waals surface area contributed by atoms with Crippen molar-refractivity contribution in [3.8, 4) is 5.75 Å². The van der Waals surface area contributed by atoms with Crippen molar-refractivity contribution in [2.75, 3.05) is 31.1 Å². The largest absolute Gasteiger partial charge is 0.478 e. The molecule has 2 aromatic rings. The molecular formula is C27H24F2N2O3. The fourth-order valence-electron chi connectivity index (χ4n) is 5.11. The lowest BCUT2D eigenvalue weighted by Gasteiger charge is -2.47. The minimum absolute atomic E-state index is 0.203. The summed E-state index contributed by atoms with van der Waals surface area (Å²) in [5, 5.41) is 9.87. The summed E-state index contributed by atoms with van der Waals surface area (Å²) in [6.45, 7) is 3.42. The van der Waals surface area contributed by atoms with E-state index in [4.69, 9.17) is 4.74 Å². The molecular weight excluding hydrogens is 438 g/mol. The molecule has 3 heterocycles. The number of carbonyl (C=O) groups is 1. The molecule has 0 radical (unpaired) electrons. The number of nitrogens with zero attached hydrogens (tertiary/aromatic N) is 2. The van der Waals surface area contributed by atoms with E-state index in [2.05, 4.69) is 0 Å². The van der Waals surface area contributed by atoms with E-state index in [9.17, 15) is 18.7 Å². The molecule has 0 amide bonds. The number of benzene rings is 2. The lowest BCUT2D eigenvalue weighted by molar-refractivity contribution is 0.0188. The third-order valence-electron chi connectivity index (χ3n) is 7.15. The van der Waals surface area contributed by atoms with Crippen LogP contribution in [-0.4, -0.2) is 60.0 Å². The Balaban J connectivity index is 1.51. The number of carboxylic acid groups (broad SMARTS) is 1. The van der Waals surface area contributed by atoms with Crippen molar-refractivity contribution in [3.63, 3.8) is 0 Å². The maximum Gasteiger partial charge on any atom is 0.336 e. The number of hydrogen-bond donors (Lipinski definition) is 1. The lowest BCUT2D eigenvalue weighted by Crippen LogP contribution is -2.58. The van der Waals surface area contributed by atoms with Gasteiger partial charge in [-0.05, 0) is 36.8 Å². The fraction of sp³-hybridized carbons (Fsp3) is 0.296. The van der Waals surface area contributed by atoms with Crippen LogP contribution in [0, 0.1) is 0 Å². The van der Waals surface area contributed by atoms with Crippen molar-refractivity contribution < 1.29 is 23.4 Å². The predicted molar refractivity (Wildman–Crippen MR) is 126 cm³/mol. The van der Waals surface area contributed by atoms with Gasteiger partial charge in [0.15, 0.2) is 0 Å². The zero-order valence-electron chi connectivity index (χ0n) is 18.7. The van der Waals surface area contributed by atoms with Crippen molar-refractivity contribution in [2.24, 2.45) is 0 Å². The average molecular weight is 462 g/mol. The van der Waals surface area contributed by atoms with Crippen LogP contribution in [0.3, 0.4) is 0 Å². The van der Waals surface area contributed by atoms with Crippen LogP contribution >= 0.6 is 0 Å². The molecule has 5 nitrogen and oxygen atoms in total. The number of allylic oxidation sites excluding steroid dienone is 1. The summed E-state index contributed by atoms with van der Waals surface area (Å²) in [5.41, 5.74) is 3.50. The summed E-state index contributed by atoms with van der Waals surface area (Å²) >= 11 is 0. The van der Waals surface area contributed by atoms with E-state index in [1.165, 1.54) is 0 Å². The van der Waals surface area contributed by atoms with Crippen LogP contribution in [0.2, 0.25) is 0 Å². The Morgan fingerprint density at radius 1 is 1.06 bits per heavy atom. The Morgan fingerprint density at radius 2 is 1.79 bits per heavy atom. The molecule has 2 saturated heterocycles. The van der Waals surface area contributed by atoms with Crippen molar-refractivity contribution in [1.29, 1.82) is 0 Å². The second-order valence-corrected chi connectivity index (χ2v) is 9.49. The molecule has 4 aliphatic rings. The Hall–Kier alpha value is -3.45. The van der Waals surface area contributed by atoms with E-state index in [-0.39, 0.29) is 5.56 Å². The van der Waals surface area contributed by atoms with E-state index in [0.29, 0.717) is 43.3 Å². The third kappa shape index (κ3) is 3.26. The quantitative estimate of drug-likeness (QED) is 0.720. The molecule has 34 heavy (non-hydrogen) atoms. The molecule has 1 N–H and O–H groups in total. The Bertz CT molecular complexity index is 1290. The first-order valence-electron chi connectivity index (χ1n) is 11.4. The van der Waals surface area contributed by atoms with Crippen molar-refractivity contribution in [1.82, 2.24) is 4.90 Å². The summed E-state index contributed by atoms with van der Waals surface area (Å²) in [6, 6.07) is 12.7. The van der Waals surface area contributed by atoms with Gasteiger partial charge in [-0.25, -0.2) is 13.6 Å². The Morgan fingerprint density at radius 3 is 2.50 bits per heavy atom. The Kier molecular flexibility index (Phi) is 4.68. The van der Waals surface area contributed by atoms with Gasteiger partial charge in [0.2, 0.25) is 0 Å².